The second-order valence-corrected chi connectivity index (χ2v) is 6.59. The third-order valence-electron chi connectivity index (χ3n) is 4.81. The van der Waals surface area contributed by atoms with Crippen LogP contribution in [0.3, 0.4) is 0 Å². The smallest absolute Gasteiger partial charge is 0.123 e. The number of aromatic hydroxyl groups is 1. The SMILES string of the molecule is CCOc1ccccc1CN1CCN(Cc2cc(OC)ccc2O)CC1. The van der Waals surface area contributed by atoms with Crippen LogP contribution in [0.5, 0.6) is 17.2 Å². The third kappa shape index (κ3) is 4.68. The summed E-state index contributed by atoms with van der Waals surface area (Å²) in [5.41, 5.74) is 2.16. The maximum atomic E-state index is 10.1. The molecular weight excluding hydrogens is 328 g/mol. The zero-order valence-corrected chi connectivity index (χ0v) is 15.6. The number of para-hydroxylation sites is 1. The van der Waals surface area contributed by atoms with Crippen molar-refractivity contribution in [1.29, 1.82) is 0 Å². The van der Waals surface area contributed by atoms with Crippen molar-refractivity contribution in [3.63, 3.8) is 0 Å². The van der Waals surface area contributed by atoms with Crippen molar-refractivity contribution in [2.75, 3.05) is 39.9 Å². The van der Waals surface area contributed by atoms with Crippen LogP contribution in [0.15, 0.2) is 42.5 Å². The average molecular weight is 356 g/mol. The standard InChI is InChI=1S/C21H28N2O3/c1-3-26-21-7-5-4-6-17(21)15-22-10-12-23(13-11-22)16-18-14-19(25-2)8-9-20(18)24/h4-9,14,24H,3,10-13,15-16H2,1-2H3. The molecule has 2 aromatic carbocycles. The first kappa shape index (κ1) is 18.5. The maximum absolute atomic E-state index is 10.1. The molecule has 140 valence electrons. The molecule has 0 unspecified atom stereocenters. The van der Waals surface area contributed by atoms with E-state index in [1.165, 1.54) is 5.56 Å². The number of nitrogens with zero attached hydrogens (tertiary/aromatic N) is 2. The summed E-state index contributed by atoms with van der Waals surface area (Å²) in [5, 5.41) is 10.1. The second-order valence-electron chi connectivity index (χ2n) is 6.59. The number of benzene rings is 2. The summed E-state index contributed by atoms with van der Waals surface area (Å²) in [6.07, 6.45) is 0. The number of phenols is 1. The lowest BCUT2D eigenvalue weighted by molar-refractivity contribution is 0.120. The number of phenolic OH excluding ortho intramolecular Hbond substituents is 1. The van der Waals surface area contributed by atoms with E-state index in [1.54, 1.807) is 19.2 Å². The first-order valence-corrected chi connectivity index (χ1v) is 9.21. The summed E-state index contributed by atoms with van der Waals surface area (Å²) >= 11 is 0. The van der Waals surface area contributed by atoms with Crippen LogP contribution in [0.1, 0.15) is 18.1 Å². The Bertz CT molecular complexity index is 712. The maximum Gasteiger partial charge on any atom is 0.123 e. The first-order valence-electron chi connectivity index (χ1n) is 9.21. The van der Waals surface area contributed by atoms with Crippen LogP contribution < -0.4 is 9.47 Å². The minimum atomic E-state index is 0.332. The molecule has 0 saturated carbocycles. The van der Waals surface area contributed by atoms with E-state index >= 15 is 0 Å². The van der Waals surface area contributed by atoms with Crippen LogP contribution in [0.25, 0.3) is 0 Å². The van der Waals surface area contributed by atoms with Crippen molar-refractivity contribution in [2.24, 2.45) is 0 Å². The van der Waals surface area contributed by atoms with Gasteiger partial charge < -0.3 is 14.6 Å². The van der Waals surface area contributed by atoms with Gasteiger partial charge in [0.25, 0.3) is 0 Å². The zero-order chi connectivity index (χ0) is 18.4. The van der Waals surface area contributed by atoms with E-state index in [-0.39, 0.29) is 0 Å². The highest BCUT2D eigenvalue weighted by Crippen LogP contribution is 2.25. The van der Waals surface area contributed by atoms with Gasteiger partial charge in [0.05, 0.1) is 13.7 Å². The van der Waals surface area contributed by atoms with Gasteiger partial charge in [-0.25, -0.2) is 0 Å². The van der Waals surface area contributed by atoms with E-state index < -0.39 is 0 Å². The molecule has 1 aliphatic rings. The molecule has 0 aliphatic carbocycles. The topological polar surface area (TPSA) is 45.2 Å². The van der Waals surface area contributed by atoms with Gasteiger partial charge in [-0.1, -0.05) is 18.2 Å². The van der Waals surface area contributed by atoms with Crippen molar-refractivity contribution in [3.8, 4) is 17.2 Å². The molecule has 3 rings (SSSR count). The fourth-order valence-electron chi connectivity index (χ4n) is 3.33. The Hall–Kier alpha value is -2.24. The number of rotatable bonds is 7. The molecule has 0 atom stereocenters. The van der Waals surface area contributed by atoms with Crippen LogP contribution in [0, 0.1) is 0 Å². The van der Waals surface area contributed by atoms with E-state index in [9.17, 15) is 5.11 Å². The Labute approximate surface area is 155 Å². The lowest BCUT2D eigenvalue weighted by atomic mass is 10.1. The zero-order valence-electron chi connectivity index (χ0n) is 15.6. The third-order valence-corrected chi connectivity index (χ3v) is 4.81. The molecule has 2 aromatic rings. The number of piperazine rings is 1. The Balaban J connectivity index is 1.55. The summed E-state index contributed by atoms with van der Waals surface area (Å²) in [6.45, 7) is 8.33. The molecule has 5 nitrogen and oxygen atoms in total. The van der Waals surface area contributed by atoms with Gasteiger partial charge in [-0.15, -0.1) is 0 Å². The van der Waals surface area contributed by atoms with Crippen LogP contribution in [-0.4, -0.2) is 54.8 Å². The minimum absolute atomic E-state index is 0.332. The molecule has 0 spiro atoms. The molecule has 1 aliphatic heterocycles. The summed E-state index contributed by atoms with van der Waals surface area (Å²) in [4.78, 5) is 4.83. The number of hydrogen-bond acceptors (Lipinski definition) is 5. The largest absolute Gasteiger partial charge is 0.508 e. The monoisotopic (exact) mass is 356 g/mol. The highest BCUT2D eigenvalue weighted by atomic mass is 16.5. The molecule has 0 bridgehead atoms. The van der Waals surface area contributed by atoms with E-state index in [0.717, 1.165) is 56.3 Å². The van der Waals surface area contributed by atoms with Gasteiger partial charge in [0.15, 0.2) is 0 Å². The predicted molar refractivity (Wildman–Crippen MR) is 103 cm³/mol. The lowest BCUT2D eigenvalue weighted by Gasteiger charge is -2.35. The van der Waals surface area contributed by atoms with Crippen LogP contribution >= 0.6 is 0 Å². The quantitative estimate of drug-likeness (QED) is 0.826. The van der Waals surface area contributed by atoms with E-state index in [4.69, 9.17) is 9.47 Å². The molecule has 1 saturated heterocycles. The molecule has 0 amide bonds. The summed E-state index contributed by atoms with van der Waals surface area (Å²) in [7, 11) is 1.65. The molecule has 1 N–H and O–H groups in total. The Kier molecular flexibility index (Phi) is 6.36. The molecule has 26 heavy (non-hydrogen) atoms. The van der Waals surface area contributed by atoms with Crippen molar-refractivity contribution < 1.29 is 14.6 Å². The summed E-state index contributed by atoms with van der Waals surface area (Å²) in [5.74, 6) is 2.10. The highest BCUT2D eigenvalue weighted by Gasteiger charge is 2.19. The fourth-order valence-corrected chi connectivity index (χ4v) is 3.33. The van der Waals surface area contributed by atoms with Gasteiger partial charge in [0, 0.05) is 50.4 Å². The number of methoxy groups -OCH3 is 1. The van der Waals surface area contributed by atoms with Crippen LogP contribution in [0.2, 0.25) is 0 Å². The minimum Gasteiger partial charge on any atom is -0.508 e. The normalized spacial score (nSPS) is 15.8. The average Bonchev–Trinajstić information content (AvgIpc) is 2.67. The summed E-state index contributed by atoms with van der Waals surface area (Å²) < 4.78 is 11.0. The molecular formula is C21H28N2O3. The van der Waals surface area contributed by atoms with Crippen LogP contribution in [-0.2, 0) is 13.1 Å². The van der Waals surface area contributed by atoms with E-state index in [0.29, 0.717) is 12.4 Å². The van der Waals surface area contributed by atoms with Crippen molar-refractivity contribution in [2.45, 2.75) is 20.0 Å². The molecule has 0 radical (unpaired) electrons. The molecule has 1 fully saturated rings. The van der Waals surface area contributed by atoms with Gasteiger partial charge in [-0.3, -0.25) is 9.80 Å². The van der Waals surface area contributed by atoms with Crippen molar-refractivity contribution >= 4 is 0 Å². The first-order chi connectivity index (χ1) is 12.7. The molecule has 0 aromatic heterocycles. The van der Waals surface area contributed by atoms with Crippen LogP contribution in [0.4, 0.5) is 0 Å². The second kappa shape index (κ2) is 8.92. The van der Waals surface area contributed by atoms with Crippen molar-refractivity contribution in [3.05, 3.63) is 53.6 Å². The number of ether oxygens (including phenoxy) is 2. The Morgan fingerprint density at radius 2 is 1.58 bits per heavy atom. The van der Waals surface area contributed by atoms with Gasteiger partial charge in [0.2, 0.25) is 0 Å². The Morgan fingerprint density at radius 1 is 0.923 bits per heavy atom. The lowest BCUT2D eigenvalue weighted by Crippen LogP contribution is -2.45. The molecule has 5 heteroatoms. The van der Waals surface area contributed by atoms with Gasteiger partial charge >= 0.3 is 0 Å². The van der Waals surface area contributed by atoms with E-state index in [2.05, 4.69) is 21.9 Å². The summed E-state index contributed by atoms with van der Waals surface area (Å²) in [6, 6.07) is 13.7. The van der Waals surface area contributed by atoms with E-state index in [1.807, 2.05) is 25.1 Å². The van der Waals surface area contributed by atoms with Gasteiger partial charge in [0.1, 0.15) is 17.2 Å². The fraction of sp³-hybridized carbons (Fsp3) is 0.429. The van der Waals surface area contributed by atoms with Gasteiger partial charge in [-0.2, -0.15) is 0 Å². The Morgan fingerprint density at radius 3 is 2.23 bits per heavy atom. The van der Waals surface area contributed by atoms with Crippen molar-refractivity contribution in [1.82, 2.24) is 9.80 Å². The highest BCUT2D eigenvalue weighted by molar-refractivity contribution is 5.39. The number of hydrogen-bond donors (Lipinski definition) is 1. The predicted octanol–water partition coefficient (Wildman–Crippen LogP) is 3.12. The molecule has 1 heterocycles. The van der Waals surface area contributed by atoms with Gasteiger partial charge in [-0.05, 0) is 31.2 Å².